The second-order valence-corrected chi connectivity index (χ2v) is 9.90. The van der Waals surface area contributed by atoms with Gasteiger partial charge in [0.25, 0.3) is 5.91 Å². The molecule has 0 saturated carbocycles. The minimum atomic E-state index is -3.48. The Bertz CT molecular complexity index is 990. The number of furan rings is 1. The summed E-state index contributed by atoms with van der Waals surface area (Å²) in [6.07, 6.45) is 1.78. The number of hydrogen-bond acceptors (Lipinski definition) is 6. The molecule has 8 nitrogen and oxygen atoms in total. The molecule has 2 aliphatic rings. The molecule has 1 N–H and O–H groups in total. The van der Waals surface area contributed by atoms with Crippen molar-refractivity contribution >= 4 is 15.9 Å². The lowest BCUT2D eigenvalue weighted by Crippen LogP contribution is -2.43. The minimum absolute atomic E-state index is 0.0867. The molecule has 1 atom stereocenters. The van der Waals surface area contributed by atoms with Gasteiger partial charge in [-0.3, -0.25) is 9.69 Å². The number of carbonyl (C=O) groups is 1. The van der Waals surface area contributed by atoms with Crippen LogP contribution < -0.4 is 5.32 Å². The summed E-state index contributed by atoms with van der Waals surface area (Å²) in [5.74, 6) is 1.40. The van der Waals surface area contributed by atoms with Crippen LogP contribution in [-0.2, 0) is 14.8 Å². The van der Waals surface area contributed by atoms with Gasteiger partial charge in [0.1, 0.15) is 11.5 Å². The highest BCUT2D eigenvalue weighted by Gasteiger charge is 2.28. The molecule has 0 aliphatic carbocycles. The number of nitrogens with one attached hydrogen (secondary N) is 1. The second kappa shape index (κ2) is 9.52. The molecule has 0 unspecified atom stereocenters. The fourth-order valence-corrected chi connectivity index (χ4v) is 5.60. The topological polar surface area (TPSA) is 92.1 Å². The van der Waals surface area contributed by atoms with Crippen LogP contribution in [0.4, 0.5) is 0 Å². The van der Waals surface area contributed by atoms with Gasteiger partial charge in [0.2, 0.25) is 10.0 Å². The van der Waals surface area contributed by atoms with E-state index in [0.717, 1.165) is 37.5 Å². The Morgan fingerprint density at radius 2 is 1.71 bits per heavy atom. The number of nitrogens with zero attached hydrogens (tertiary/aromatic N) is 2. The Balaban J connectivity index is 1.43. The van der Waals surface area contributed by atoms with Gasteiger partial charge in [-0.15, -0.1) is 0 Å². The molecule has 2 fully saturated rings. The van der Waals surface area contributed by atoms with Crippen molar-refractivity contribution in [2.24, 2.45) is 0 Å². The molecule has 168 valence electrons. The zero-order chi connectivity index (χ0) is 21.8. The third-order valence-electron chi connectivity index (χ3n) is 5.85. The van der Waals surface area contributed by atoms with Crippen LogP contribution in [0.5, 0.6) is 0 Å². The van der Waals surface area contributed by atoms with Crippen LogP contribution in [0.2, 0.25) is 0 Å². The largest absolute Gasteiger partial charge is 0.465 e. The van der Waals surface area contributed by atoms with Gasteiger partial charge in [0, 0.05) is 38.3 Å². The fourth-order valence-electron chi connectivity index (χ4n) is 4.08. The van der Waals surface area contributed by atoms with Crippen molar-refractivity contribution in [1.82, 2.24) is 14.5 Å². The molecule has 31 heavy (non-hydrogen) atoms. The van der Waals surface area contributed by atoms with Gasteiger partial charge in [-0.1, -0.05) is 0 Å². The maximum atomic E-state index is 12.7. The highest BCUT2D eigenvalue weighted by atomic mass is 32.2. The lowest BCUT2D eigenvalue weighted by molar-refractivity contribution is 0.0117. The SMILES string of the molecule is Cc1ccc([C@@H](CNC(=O)c2ccc(S(=O)(=O)N3CCCC3)cc2)N2CCOCC2)o1. The summed E-state index contributed by atoms with van der Waals surface area (Å²) >= 11 is 0. The Morgan fingerprint density at radius 1 is 1.03 bits per heavy atom. The van der Waals surface area contributed by atoms with E-state index < -0.39 is 10.0 Å². The van der Waals surface area contributed by atoms with Crippen molar-refractivity contribution in [3.8, 4) is 0 Å². The van der Waals surface area contributed by atoms with Gasteiger partial charge >= 0.3 is 0 Å². The molecule has 1 aromatic carbocycles. The Hall–Kier alpha value is -2.20. The third kappa shape index (κ3) is 5.01. The number of rotatable bonds is 7. The molecular weight excluding hydrogens is 418 g/mol. The average molecular weight is 448 g/mol. The molecule has 0 radical (unpaired) electrons. The summed E-state index contributed by atoms with van der Waals surface area (Å²) in [6.45, 7) is 6.23. The predicted molar refractivity (Wildman–Crippen MR) is 115 cm³/mol. The van der Waals surface area contributed by atoms with E-state index in [1.165, 1.54) is 16.4 Å². The van der Waals surface area contributed by atoms with E-state index in [0.29, 0.717) is 38.4 Å². The molecule has 0 bridgehead atoms. The van der Waals surface area contributed by atoms with Gasteiger partial charge in [-0.25, -0.2) is 8.42 Å². The van der Waals surface area contributed by atoms with Gasteiger partial charge in [-0.05, 0) is 56.2 Å². The Morgan fingerprint density at radius 3 is 2.32 bits per heavy atom. The first-order valence-electron chi connectivity index (χ1n) is 10.7. The third-order valence-corrected chi connectivity index (χ3v) is 7.76. The van der Waals surface area contributed by atoms with Crippen molar-refractivity contribution in [2.45, 2.75) is 30.7 Å². The summed E-state index contributed by atoms with van der Waals surface area (Å²) in [6, 6.07) is 9.94. The number of benzene rings is 1. The zero-order valence-electron chi connectivity index (χ0n) is 17.7. The van der Waals surface area contributed by atoms with E-state index in [9.17, 15) is 13.2 Å². The average Bonchev–Trinajstić information content (AvgIpc) is 3.47. The highest BCUT2D eigenvalue weighted by Crippen LogP contribution is 2.24. The molecule has 1 aromatic heterocycles. The van der Waals surface area contributed by atoms with Crippen molar-refractivity contribution < 1.29 is 22.4 Å². The van der Waals surface area contributed by atoms with Crippen LogP contribution in [0.3, 0.4) is 0 Å². The number of carbonyl (C=O) groups excluding carboxylic acids is 1. The zero-order valence-corrected chi connectivity index (χ0v) is 18.6. The number of hydrogen-bond donors (Lipinski definition) is 1. The molecule has 9 heteroatoms. The molecular formula is C22H29N3O5S. The molecule has 3 heterocycles. The van der Waals surface area contributed by atoms with Crippen molar-refractivity contribution in [3.05, 3.63) is 53.5 Å². The molecule has 1 amide bonds. The summed E-state index contributed by atoms with van der Waals surface area (Å²) in [7, 11) is -3.48. The van der Waals surface area contributed by atoms with Crippen molar-refractivity contribution in [2.75, 3.05) is 45.9 Å². The quantitative estimate of drug-likeness (QED) is 0.700. The van der Waals surface area contributed by atoms with Crippen molar-refractivity contribution in [1.29, 1.82) is 0 Å². The normalized spacial score (nSPS) is 19.4. The lowest BCUT2D eigenvalue weighted by Gasteiger charge is -2.33. The van der Waals surface area contributed by atoms with Crippen LogP contribution >= 0.6 is 0 Å². The molecule has 0 spiro atoms. The first kappa shape index (κ1) is 22.0. The molecule has 4 rings (SSSR count). The second-order valence-electron chi connectivity index (χ2n) is 7.96. The first-order chi connectivity index (χ1) is 14.9. The number of sulfonamides is 1. The summed E-state index contributed by atoms with van der Waals surface area (Å²) in [5.41, 5.74) is 0.428. The van der Waals surface area contributed by atoms with Crippen LogP contribution in [-0.4, -0.2) is 69.5 Å². The van der Waals surface area contributed by atoms with Crippen LogP contribution in [0.25, 0.3) is 0 Å². The Labute approximate surface area is 183 Å². The maximum absolute atomic E-state index is 12.7. The smallest absolute Gasteiger partial charge is 0.251 e. The number of aryl methyl sites for hydroxylation is 1. The predicted octanol–water partition coefficient (Wildman–Crippen LogP) is 2.18. The number of ether oxygens (including phenoxy) is 1. The van der Waals surface area contributed by atoms with Crippen LogP contribution in [0, 0.1) is 6.92 Å². The van der Waals surface area contributed by atoms with E-state index in [1.54, 1.807) is 12.1 Å². The lowest BCUT2D eigenvalue weighted by atomic mass is 10.1. The van der Waals surface area contributed by atoms with E-state index in [1.807, 2.05) is 19.1 Å². The van der Waals surface area contributed by atoms with E-state index in [4.69, 9.17) is 9.15 Å². The van der Waals surface area contributed by atoms with Gasteiger partial charge < -0.3 is 14.5 Å². The van der Waals surface area contributed by atoms with Gasteiger partial charge in [0.15, 0.2) is 0 Å². The number of amides is 1. The van der Waals surface area contributed by atoms with E-state index in [2.05, 4.69) is 10.2 Å². The summed E-state index contributed by atoms with van der Waals surface area (Å²) in [4.78, 5) is 15.2. The standard InChI is InChI=1S/C22H29N3O5S/c1-17-4-9-21(30-17)20(24-12-14-29-15-13-24)16-23-22(26)18-5-7-19(8-6-18)31(27,28)25-10-2-3-11-25/h4-9,20H,2-3,10-16H2,1H3,(H,23,26)/t20-/m1/s1. The van der Waals surface area contributed by atoms with Gasteiger partial charge in [0.05, 0.1) is 24.2 Å². The molecule has 2 aliphatic heterocycles. The first-order valence-corrected chi connectivity index (χ1v) is 12.2. The minimum Gasteiger partial charge on any atom is -0.465 e. The summed E-state index contributed by atoms with van der Waals surface area (Å²) in [5, 5.41) is 2.98. The Kier molecular flexibility index (Phi) is 6.76. The van der Waals surface area contributed by atoms with Crippen LogP contribution in [0.15, 0.2) is 45.7 Å². The highest BCUT2D eigenvalue weighted by molar-refractivity contribution is 7.89. The van der Waals surface area contributed by atoms with E-state index >= 15 is 0 Å². The maximum Gasteiger partial charge on any atom is 0.251 e. The molecule has 2 saturated heterocycles. The monoisotopic (exact) mass is 447 g/mol. The van der Waals surface area contributed by atoms with E-state index in [-0.39, 0.29) is 16.8 Å². The number of morpholine rings is 1. The fraction of sp³-hybridized carbons (Fsp3) is 0.500. The van der Waals surface area contributed by atoms with Crippen molar-refractivity contribution in [3.63, 3.8) is 0 Å². The molecule has 2 aromatic rings. The summed E-state index contributed by atoms with van der Waals surface area (Å²) < 4.78 is 38.1. The van der Waals surface area contributed by atoms with Crippen LogP contribution in [0.1, 0.15) is 40.8 Å². The van der Waals surface area contributed by atoms with Gasteiger partial charge in [-0.2, -0.15) is 4.31 Å².